The van der Waals surface area contributed by atoms with Gasteiger partial charge in [0.2, 0.25) is 0 Å². The molecular weight excluding hydrogens is 206 g/mol. The van der Waals surface area contributed by atoms with Crippen LogP contribution in [0.5, 0.6) is 0 Å². The van der Waals surface area contributed by atoms with Crippen LogP contribution in [0.2, 0.25) is 0 Å². The van der Waals surface area contributed by atoms with E-state index in [1.54, 1.807) is 0 Å². The Labute approximate surface area is 108 Å². The van der Waals surface area contributed by atoms with Crippen LogP contribution in [0, 0.1) is 17.3 Å². The van der Waals surface area contributed by atoms with Crippen LogP contribution >= 0.6 is 0 Å². The Kier molecular flexibility index (Phi) is 4.52. The zero-order valence-corrected chi connectivity index (χ0v) is 12.1. The molecule has 0 heterocycles. The normalized spacial score (nSPS) is 31.8. The van der Waals surface area contributed by atoms with E-state index in [0.717, 1.165) is 23.3 Å². The summed E-state index contributed by atoms with van der Waals surface area (Å²) in [5, 5.41) is 3.87. The molecule has 0 saturated heterocycles. The Morgan fingerprint density at radius 1 is 1.12 bits per heavy atom. The monoisotopic (exact) mass is 237 g/mol. The van der Waals surface area contributed by atoms with Gasteiger partial charge in [0.25, 0.3) is 0 Å². The van der Waals surface area contributed by atoms with E-state index in [2.05, 4.69) is 26.1 Å². The smallest absolute Gasteiger partial charge is 0.00675 e. The molecule has 0 atom stereocenters. The fraction of sp³-hybridized carbons (Fsp3) is 1.00. The third-order valence-corrected chi connectivity index (χ3v) is 5.22. The summed E-state index contributed by atoms with van der Waals surface area (Å²) >= 11 is 0. The summed E-state index contributed by atoms with van der Waals surface area (Å²) < 4.78 is 0. The molecule has 2 saturated carbocycles. The molecule has 2 fully saturated rings. The van der Waals surface area contributed by atoms with Crippen molar-refractivity contribution in [1.82, 2.24) is 5.32 Å². The summed E-state index contributed by atoms with van der Waals surface area (Å²) in [6.45, 7) is 8.41. The van der Waals surface area contributed by atoms with Crippen LogP contribution in [0.4, 0.5) is 0 Å². The minimum atomic E-state index is 0.726. The maximum Gasteiger partial charge on any atom is 0.00675 e. The first-order chi connectivity index (χ1) is 8.15. The molecule has 2 rings (SSSR count). The van der Waals surface area contributed by atoms with Crippen molar-refractivity contribution >= 4 is 0 Å². The molecule has 0 amide bonds. The lowest BCUT2D eigenvalue weighted by Gasteiger charge is -2.32. The van der Waals surface area contributed by atoms with Crippen LogP contribution in [0.1, 0.15) is 72.1 Å². The van der Waals surface area contributed by atoms with Crippen molar-refractivity contribution in [3.8, 4) is 0 Å². The van der Waals surface area contributed by atoms with Gasteiger partial charge in [-0.3, -0.25) is 0 Å². The summed E-state index contributed by atoms with van der Waals surface area (Å²) in [6, 6.07) is 0.833. The number of hydrogen-bond donors (Lipinski definition) is 1. The Morgan fingerprint density at radius 3 is 2.24 bits per heavy atom. The van der Waals surface area contributed by atoms with Crippen molar-refractivity contribution in [3.05, 3.63) is 0 Å². The molecule has 0 aliphatic heterocycles. The topological polar surface area (TPSA) is 12.0 Å². The van der Waals surface area contributed by atoms with Gasteiger partial charge in [-0.2, -0.15) is 0 Å². The molecule has 0 spiro atoms. The quantitative estimate of drug-likeness (QED) is 0.723. The van der Waals surface area contributed by atoms with Gasteiger partial charge in [-0.05, 0) is 62.2 Å². The molecular formula is C16H31N. The van der Waals surface area contributed by atoms with E-state index < -0.39 is 0 Å². The van der Waals surface area contributed by atoms with Crippen LogP contribution in [-0.4, -0.2) is 12.6 Å². The second-order valence-electron chi connectivity index (χ2n) is 6.99. The highest BCUT2D eigenvalue weighted by Gasteiger charge is 2.41. The largest absolute Gasteiger partial charge is 0.313 e. The molecule has 0 aromatic carbocycles. The second kappa shape index (κ2) is 5.73. The predicted molar refractivity (Wildman–Crippen MR) is 75.2 cm³/mol. The Hall–Kier alpha value is -0.0400. The molecule has 0 radical (unpaired) electrons. The third kappa shape index (κ3) is 3.71. The van der Waals surface area contributed by atoms with Crippen LogP contribution < -0.4 is 5.32 Å². The Bertz CT molecular complexity index is 222. The predicted octanol–water partition coefficient (Wildman–Crippen LogP) is 4.37. The highest BCUT2D eigenvalue weighted by atomic mass is 14.9. The lowest BCUT2D eigenvalue weighted by atomic mass is 9.79. The van der Waals surface area contributed by atoms with Gasteiger partial charge in [-0.1, -0.05) is 27.2 Å². The van der Waals surface area contributed by atoms with Crippen LogP contribution in [-0.2, 0) is 0 Å². The van der Waals surface area contributed by atoms with Crippen LogP contribution in [0.3, 0.4) is 0 Å². The zero-order valence-electron chi connectivity index (χ0n) is 12.1. The van der Waals surface area contributed by atoms with E-state index in [4.69, 9.17) is 0 Å². The third-order valence-electron chi connectivity index (χ3n) is 5.22. The fourth-order valence-electron chi connectivity index (χ4n) is 3.57. The molecule has 2 aliphatic rings. The maximum absolute atomic E-state index is 3.87. The van der Waals surface area contributed by atoms with Gasteiger partial charge in [0.15, 0.2) is 0 Å². The molecule has 0 unspecified atom stereocenters. The molecule has 0 aromatic rings. The number of hydrogen-bond acceptors (Lipinski definition) is 1. The standard InChI is InChI=1S/C16H31N/c1-4-9-16(10-11-16)12-17-15-7-5-14(6-8-15)13(2)3/h13-15,17H,4-12H2,1-3H3. The molecule has 2 aliphatic carbocycles. The van der Waals surface area contributed by atoms with E-state index in [9.17, 15) is 0 Å². The summed E-state index contributed by atoms with van der Waals surface area (Å²) in [7, 11) is 0. The molecule has 100 valence electrons. The van der Waals surface area contributed by atoms with E-state index in [-0.39, 0.29) is 0 Å². The van der Waals surface area contributed by atoms with Gasteiger partial charge in [-0.15, -0.1) is 0 Å². The summed E-state index contributed by atoms with van der Waals surface area (Å²) in [6.07, 6.45) is 11.5. The lowest BCUT2D eigenvalue weighted by molar-refractivity contribution is 0.230. The van der Waals surface area contributed by atoms with Crippen molar-refractivity contribution < 1.29 is 0 Å². The second-order valence-corrected chi connectivity index (χ2v) is 6.99. The Morgan fingerprint density at radius 2 is 1.76 bits per heavy atom. The van der Waals surface area contributed by atoms with Crippen molar-refractivity contribution in [2.45, 2.75) is 78.2 Å². The van der Waals surface area contributed by atoms with Crippen molar-refractivity contribution in [3.63, 3.8) is 0 Å². The first kappa shape index (κ1) is 13.4. The van der Waals surface area contributed by atoms with E-state index in [0.29, 0.717) is 0 Å². The minimum absolute atomic E-state index is 0.726. The molecule has 1 heteroatoms. The van der Waals surface area contributed by atoms with Gasteiger partial charge in [0.1, 0.15) is 0 Å². The van der Waals surface area contributed by atoms with E-state index in [1.807, 2.05) is 0 Å². The van der Waals surface area contributed by atoms with Gasteiger partial charge in [-0.25, -0.2) is 0 Å². The number of nitrogens with one attached hydrogen (secondary N) is 1. The van der Waals surface area contributed by atoms with Gasteiger partial charge in [0, 0.05) is 12.6 Å². The number of rotatable bonds is 6. The molecule has 17 heavy (non-hydrogen) atoms. The summed E-state index contributed by atoms with van der Waals surface area (Å²) in [5.74, 6) is 1.89. The summed E-state index contributed by atoms with van der Waals surface area (Å²) in [5.41, 5.74) is 0.726. The van der Waals surface area contributed by atoms with Crippen molar-refractivity contribution in [2.24, 2.45) is 17.3 Å². The van der Waals surface area contributed by atoms with Crippen LogP contribution in [0.15, 0.2) is 0 Å². The molecule has 1 nitrogen and oxygen atoms in total. The molecule has 0 bridgehead atoms. The first-order valence-electron chi connectivity index (χ1n) is 7.88. The molecule has 0 aromatic heterocycles. The Balaban J connectivity index is 1.65. The average Bonchev–Trinajstić information content (AvgIpc) is 3.08. The first-order valence-corrected chi connectivity index (χ1v) is 7.88. The highest BCUT2D eigenvalue weighted by molar-refractivity contribution is 4.95. The van der Waals surface area contributed by atoms with Crippen molar-refractivity contribution in [1.29, 1.82) is 0 Å². The minimum Gasteiger partial charge on any atom is -0.313 e. The fourth-order valence-corrected chi connectivity index (χ4v) is 3.57. The zero-order chi connectivity index (χ0) is 12.3. The highest BCUT2D eigenvalue weighted by Crippen LogP contribution is 2.49. The lowest BCUT2D eigenvalue weighted by Crippen LogP contribution is -2.37. The van der Waals surface area contributed by atoms with Crippen LogP contribution in [0.25, 0.3) is 0 Å². The SMILES string of the molecule is CCCC1(CNC2CCC(C(C)C)CC2)CC1. The van der Waals surface area contributed by atoms with E-state index in [1.165, 1.54) is 57.9 Å². The molecule has 1 N–H and O–H groups in total. The van der Waals surface area contributed by atoms with Gasteiger partial charge >= 0.3 is 0 Å². The van der Waals surface area contributed by atoms with E-state index >= 15 is 0 Å². The van der Waals surface area contributed by atoms with Gasteiger partial charge in [0.05, 0.1) is 0 Å². The van der Waals surface area contributed by atoms with Crippen molar-refractivity contribution in [2.75, 3.05) is 6.54 Å². The summed E-state index contributed by atoms with van der Waals surface area (Å²) in [4.78, 5) is 0. The van der Waals surface area contributed by atoms with Gasteiger partial charge < -0.3 is 5.32 Å². The average molecular weight is 237 g/mol. The maximum atomic E-state index is 3.87.